The van der Waals surface area contributed by atoms with E-state index >= 15 is 0 Å². The molecule has 0 N–H and O–H groups in total. The third-order valence-corrected chi connectivity index (χ3v) is 5.51. The Kier molecular flexibility index (Phi) is 5.70. The molecule has 2 amide bonds. The minimum Gasteiger partial charge on any atom is -0.466 e. The molecule has 8 nitrogen and oxygen atoms in total. The lowest BCUT2D eigenvalue weighted by molar-refractivity contribution is -0.144. The predicted molar refractivity (Wildman–Crippen MR) is 114 cm³/mol. The van der Waals surface area contributed by atoms with Gasteiger partial charge in [-0.1, -0.05) is 24.3 Å². The highest BCUT2D eigenvalue weighted by Gasteiger charge is 2.34. The largest absolute Gasteiger partial charge is 0.466 e. The van der Waals surface area contributed by atoms with E-state index in [1.807, 2.05) is 24.3 Å². The topological polar surface area (TPSA) is 90.6 Å². The molecule has 1 aromatic heterocycles. The SMILES string of the molecule is Cn1c(=O)n(CCC(=O)OCCCCN2C(=O)c3ccccc3C2=O)c2ccccc21. The Morgan fingerprint density at radius 1 is 0.839 bits per heavy atom. The number of esters is 1. The van der Waals surface area contributed by atoms with Crippen molar-refractivity contribution in [2.45, 2.75) is 25.8 Å². The molecule has 0 unspecified atom stereocenters. The van der Waals surface area contributed by atoms with E-state index in [4.69, 9.17) is 4.74 Å². The summed E-state index contributed by atoms with van der Waals surface area (Å²) in [7, 11) is 1.70. The number of unbranched alkanes of at least 4 members (excludes halogenated alkanes) is 1. The number of imide groups is 1. The van der Waals surface area contributed by atoms with Gasteiger partial charge in [-0.05, 0) is 37.1 Å². The molecular weight excluding hydrogens is 398 g/mol. The van der Waals surface area contributed by atoms with Crippen molar-refractivity contribution in [1.29, 1.82) is 0 Å². The lowest BCUT2D eigenvalue weighted by atomic mass is 10.1. The lowest BCUT2D eigenvalue weighted by Gasteiger charge is -2.13. The summed E-state index contributed by atoms with van der Waals surface area (Å²) < 4.78 is 8.38. The van der Waals surface area contributed by atoms with Gasteiger partial charge in [0.05, 0.1) is 35.2 Å². The molecule has 4 rings (SSSR count). The van der Waals surface area contributed by atoms with Crippen LogP contribution in [0.25, 0.3) is 11.0 Å². The van der Waals surface area contributed by atoms with E-state index in [0.29, 0.717) is 24.0 Å². The number of rotatable bonds is 8. The second kappa shape index (κ2) is 8.59. The number of carbonyl (C=O) groups excluding carboxylic acids is 3. The van der Waals surface area contributed by atoms with E-state index in [2.05, 4.69) is 0 Å². The van der Waals surface area contributed by atoms with Gasteiger partial charge in [0, 0.05) is 20.1 Å². The van der Waals surface area contributed by atoms with Gasteiger partial charge < -0.3 is 4.74 Å². The number of fused-ring (bicyclic) bond motifs is 2. The number of benzene rings is 2. The Bertz CT molecular complexity index is 1190. The molecule has 2 heterocycles. The monoisotopic (exact) mass is 421 g/mol. The average Bonchev–Trinajstić information content (AvgIpc) is 3.17. The third-order valence-electron chi connectivity index (χ3n) is 5.51. The molecule has 0 bridgehead atoms. The molecule has 0 atom stereocenters. The number of carbonyl (C=O) groups is 3. The number of para-hydroxylation sites is 2. The van der Waals surface area contributed by atoms with Crippen LogP contribution in [-0.4, -0.2) is 45.0 Å². The molecule has 2 aromatic carbocycles. The van der Waals surface area contributed by atoms with E-state index < -0.39 is 0 Å². The second-order valence-corrected chi connectivity index (χ2v) is 7.47. The van der Waals surface area contributed by atoms with E-state index in [1.165, 1.54) is 4.90 Å². The molecule has 8 heteroatoms. The summed E-state index contributed by atoms with van der Waals surface area (Å²) in [6.07, 6.45) is 1.17. The van der Waals surface area contributed by atoms with E-state index in [-0.39, 0.29) is 49.6 Å². The molecule has 0 fully saturated rings. The summed E-state index contributed by atoms with van der Waals surface area (Å²) in [5, 5.41) is 0. The van der Waals surface area contributed by atoms with Crippen molar-refractivity contribution < 1.29 is 19.1 Å². The first-order chi connectivity index (χ1) is 15.0. The Morgan fingerprint density at radius 3 is 2.13 bits per heavy atom. The van der Waals surface area contributed by atoms with Crippen molar-refractivity contribution in [1.82, 2.24) is 14.0 Å². The maximum absolute atomic E-state index is 12.4. The summed E-state index contributed by atoms with van der Waals surface area (Å²) in [6, 6.07) is 14.2. The second-order valence-electron chi connectivity index (χ2n) is 7.47. The quantitative estimate of drug-likeness (QED) is 0.316. The minimum atomic E-state index is -0.388. The van der Waals surface area contributed by atoms with Crippen LogP contribution < -0.4 is 5.69 Å². The van der Waals surface area contributed by atoms with Gasteiger partial charge >= 0.3 is 11.7 Å². The Balaban J connectivity index is 1.22. The number of ether oxygens (including phenoxy) is 1. The molecule has 3 aromatic rings. The molecule has 0 spiro atoms. The van der Waals surface area contributed by atoms with Crippen molar-refractivity contribution in [2.75, 3.05) is 13.2 Å². The summed E-state index contributed by atoms with van der Waals surface area (Å²) in [5.41, 5.74) is 2.29. The number of amides is 2. The standard InChI is InChI=1S/C23H23N3O5/c1-24-18-10-4-5-11-19(18)25(23(24)30)14-12-20(27)31-15-7-6-13-26-21(28)16-8-2-3-9-17(16)22(26)29/h2-5,8-11H,6-7,12-15H2,1H3. The average molecular weight is 421 g/mol. The fourth-order valence-corrected chi connectivity index (χ4v) is 3.85. The molecule has 0 saturated carbocycles. The van der Waals surface area contributed by atoms with Crippen molar-refractivity contribution >= 4 is 28.8 Å². The number of nitrogens with zero attached hydrogens (tertiary/aromatic N) is 3. The Hall–Kier alpha value is -3.68. The third kappa shape index (κ3) is 3.88. The first-order valence-corrected chi connectivity index (χ1v) is 10.2. The zero-order chi connectivity index (χ0) is 22.0. The number of hydrogen-bond acceptors (Lipinski definition) is 5. The normalized spacial score (nSPS) is 13.1. The number of hydrogen-bond donors (Lipinski definition) is 0. The van der Waals surface area contributed by atoms with Gasteiger partial charge in [-0.2, -0.15) is 0 Å². The highest BCUT2D eigenvalue weighted by molar-refractivity contribution is 6.21. The van der Waals surface area contributed by atoms with Crippen LogP contribution in [0.15, 0.2) is 53.3 Å². The van der Waals surface area contributed by atoms with Gasteiger partial charge in [-0.3, -0.25) is 28.4 Å². The van der Waals surface area contributed by atoms with Gasteiger partial charge in [-0.25, -0.2) is 4.79 Å². The van der Waals surface area contributed by atoms with Gasteiger partial charge in [0.2, 0.25) is 0 Å². The van der Waals surface area contributed by atoms with Gasteiger partial charge in [0.1, 0.15) is 0 Å². The van der Waals surface area contributed by atoms with E-state index in [9.17, 15) is 19.2 Å². The van der Waals surface area contributed by atoms with E-state index in [1.54, 1.807) is 40.4 Å². The molecule has 1 aliphatic rings. The molecule has 0 radical (unpaired) electrons. The number of imidazole rings is 1. The van der Waals surface area contributed by atoms with Crippen molar-refractivity contribution in [2.24, 2.45) is 7.05 Å². The Morgan fingerprint density at radius 2 is 1.45 bits per heavy atom. The minimum absolute atomic E-state index is 0.0896. The maximum atomic E-state index is 12.4. The molecule has 0 saturated heterocycles. The van der Waals surface area contributed by atoms with Gasteiger partial charge in [-0.15, -0.1) is 0 Å². The summed E-state index contributed by atoms with van der Waals surface area (Å²) >= 11 is 0. The van der Waals surface area contributed by atoms with Crippen molar-refractivity contribution in [3.05, 3.63) is 70.1 Å². The fourth-order valence-electron chi connectivity index (χ4n) is 3.85. The molecule has 160 valence electrons. The Labute approximate surface area is 178 Å². The first kappa shape index (κ1) is 20.6. The zero-order valence-corrected chi connectivity index (χ0v) is 17.2. The zero-order valence-electron chi connectivity index (χ0n) is 17.2. The van der Waals surface area contributed by atoms with Crippen LogP contribution in [0.4, 0.5) is 0 Å². The lowest BCUT2D eigenvalue weighted by Crippen LogP contribution is -2.30. The highest BCUT2D eigenvalue weighted by Crippen LogP contribution is 2.22. The first-order valence-electron chi connectivity index (χ1n) is 10.2. The molecule has 31 heavy (non-hydrogen) atoms. The maximum Gasteiger partial charge on any atom is 0.328 e. The highest BCUT2D eigenvalue weighted by atomic mass is 16.5. The van der Waals surface area contributed by atoms with Crippen LogP contribution in [0.3, 0.4) is 0 Å². The number of aromatic nitrogens is 2. The summed E-state index contributed by atoms with van der Waals surface area (Å²) in [5.74, 6) is -0.947. The fraction of sp³-hybridized carbons (Fsp3) is 0.304. The number of aryl methyl sites for hydroxylation is 2. The smallest absolute Gasteiger partial charge is 0.328 e. The van der Waals surface area contributed by atoms with Crippen molar-refractivity contribution in [3.8, 4) is 0 Å². The molecular formula is C23H23N3O5. The van der Waals surface area contributed by atoms with Crippen LogP contribution in [0, 0.1) is 0 Å². The summed E-state index contributed by atoms with van der Waals surface area (Å²) in [4.78, 5) is 50.3. The van der Waals surface area contributed by atoms with Gasteiger partial charge in [0.25, 0.3) is 11.8 Å². The van der Waals surface area contributed by atoms with E-state index in [0.717, 1.165) is 11.0 Å². The van der Waals surface area contributed by atoms with Crippen LogP contribution in [-0.2, 0) is 23.1 Å². The van der Waals surface area contributed by atoms with Crippen molar-refractivity contribution in [3.63, 3.8) is 0 Å². The van der Waals surface area contributed by atoms with Gasteiger partial charge in [0.15, 0.2) is 0 Å². The summed E-state index contributed by atoms with van der Waals surface area (Å²) in [6.45, 7) is 0.732. The molecule has 0 aliphatic carbocycles. The van der Waals surface area contributed by atoms with Crippen LogP contribution in [0.5, 0.6) is 0 Å². The molecule has 1 aliphatic heterocycles. The van der Waals surface area contributed by atoms with Crippen LogP contribution >= 0.6 is 0 Å². The predicted octanol–water partition coefficient (Wildman–Crippen LogP) is 2.35. The van der Waals surface area contributed by atoms with Crippen LogP contribution in [0.2, 0.25) is 0 Å². The van der Waals surface area contributed by atoms with Crippen LogP contribution in [0.1, 0.15) is 40.0 Å².